The minimum Gasteiger partial charge on any atom is -0.456 e. The average Bonchev–Trinajstić information content (AvgIpc) is 3.87. The van der Waals surface area contributed by atoms with Gasteiger partial charge in [0.1, 0.15) is 29.4 Å². The third kappa shape index (κ3) is 4.05. The molecule has 10 aromatic rings. The minimum absolute atomic E-state index is 0.187. The Kier molecular flexibility index (Phi) is 6.30. The van der Waals surface area contributed by atoms with Crippen molar-refractivity contribution in [2.24, 2.45) is 0 Å². The molecule has 0 atom stereocenters. The molecule has 0 unspecified atom stereocenters. The van der Waals surface area contributed by atoms with Crippen LogP contribution in [0.4, 0.5) is 5.69 Å². The van der Waals surface area contributed by atoms with E-state index < -0.39 is 0 Å². The van der Waals surface area contributed by atoms with Crippen LogP contribution in [-0.4, -0.2) is 9.13 Å². The lowest BCUT2D eigenvalue weighted by atomic mass is 9.92. The number of hydrogen-bond donors (Lipinski definition) is 0. The van der Waals surface area contributed by atoms with E-state index in [0.29, 0.717) is 28.2 Å². The first-order chi connectivity index (χ1) is 26.1. The Morgan fingerprint density at radius 1 is 0.509 bits per heavy atom. The summed E-state index contributed by atoms with van der Waals surface area (Å²) in [4.78, 5) is 3.92. The van der Waals surface area contributed by atoms with E-state index in [9.17, 15) is 15.8 Å². The van der Waals surface area contributed by atoms with Crippen LogP contribution in [-0.2, 0) is 0 Å². The van der Waals surface area contributed by atoms with Crippen molar-refractivity contribution >= 4 is 71.2 Å². The van der Waals surface area contributed by atoms with E-state index in [1.807, 2.05) is 102 Å². The fraction of sp³-hybridized carbons (Fsp3) is 0. The molecule has 0 amide bonds. The van der Waals surface area contributed by atoms with E-state index in [1.54, 1.807) is 24.3 Å². The highest BCUT2D eigenvalue weighted by Gasteiger charge is 2.26. The Labute approximate surface area is 302 Å². The van der Waals surface area contributed by atoms with Crippen LogP contribution in [0.1, 0.15) is 16.7 Å². The number of furan rings is 1. The van der Waals surface area contributed by atoms with E-state index in [4.69, 9.17) is 11.0 Å². The van der Waals surface area contributed by atoms with Crippen LogP contribution in [0.5, 0.6) is 0 Å². The summed E-state index contributed by atoms with van der Waals surface area (Å²) in [7, 11) is 0. The first-order valence-corrected chi connectivity index (χ1v) is 16.9. The van der Waals surface area contributed by atoms with Crippen molar-refractivity contribution < 1.29 is 4.42 Å². The minimum atomic E-state index is 0.187. The lowest BCUT2D eigenvalue weighted by Crippen LogP contribution is -2.04. The van der Waals surface area contributed by atoms with Crippen molar-refractivity contribution in [2.45, 2.75) is 0 Å². The van der Waals surface area contributed by atoms with Gasteiger partial charge in [-0.2, -0.15) is 15.8 Å². The molecular formula is C46H22N6O. The maximum atomic E-state index is 11.1. The second-order valence-corrected chi connectivity index (χ2v) is 12.9. The summed E-state index contributed by atoms with van der Waals surface area (Å²) in [6, 6.07) is 49.9. The summed E-state index contributed by atoms with van der Waals surface area (Å²) in [5.41, 5.74) is 8.23. The monoisotopic (exact) mass is 674 g/mol. The predicted octanol–water partition coefficient (Wildman–Crippen LogP) is 11.6. The number of nitrogens with zero attached hydrogens (tertiary/aromatic N) is 6. The van der Waals surface area contributed by atoms with Gasteiger partial charge in [0, 0.05) is 43.4 Å². The van der Waals surface area contributed by atoms with Gasteiger partial charge in [0.15, 0.2) is 0 Å². The highest BCUT2D eigenvalue weighted by Crippen LogP contribution is 2.45. The molecule has 7 nitrogen and oxygen atoms in total. The molecule has 0 aliphatic heterocycles. The van der Waals surface area contributed by atoms with E-state index in [0.717, 1.165) is 65.6 Å². The van der Waals surface area contributed by atoms with Gasteiger partial charge in [-0.25, -0.2) is 4.85 Å². The molecule has 242 valence electrons. The van der Waals surface area contributed by atoms with Gasteiger partial charge in [0.25, 0.3) is 0 Å². The fourth-order valence-corrected chi connectivity index (χ4v) is 8.11. The molecule has 10 rings (SSSR count). The first kappa shape index (κ1) is 29.8. The highest BCUT2D eigenvalue weighted by molar-refractivity contribution is 6.27. The summed E-state index contributed by atoms with van der Waals surface area (Å²) in [5.74, 6) is 0. The van der Waals surface area contributed by atoms with Crippen LogP contribution in [0.25, 0.3) is 92.9 Å². The van der Waals surface area contributed by atoms with E-state index in [1.165, 1.54) is 0 Å². The van der Waals surface area contributed by atoms with Crippen molar-refractivity contribution in [3.05, 3.63) is 162 Å². The van der Waals surface area contributed by atoms with Crippen LogP contribution < -0.4 is 0 Å². The van der Waals surface area contributed by atoms with Gasteiger partial charge in [-0.05, 0) is 48.5 Å². The molecule has 0 spiro atoms. The zero-order valence-corrected chi connectivity index (χ0v) is 27.8. The van der Waals surface area contributed by atoms with Crippen molar-refractivity contribution in [1.29, 1.82) is 15.8 Å². The van der Waals surface area contributed by atoms with Gasteiger partial charge < -0.3 is 13.6 Å². The van der Waals surface area contributed by atoms with Gasteiger partial charge >= 0.3 is 0 Å². The lowest BCUT2D eigenvalue weighted by molar-refractivity contribution is 0.669. The van der Waals surface area contributed by atoms with Gasteiger partial charge in [-0.15, -0.1) is 0 Å². The summed E-state index contributed by atoms with van der Waals surface area (Å²) in [5, 5.41) is 37.7. The molecule has 53 heavy (non-hydrogen) atoms. The smallest absolute Gasteiger partial charge is 0.211 e. The third-order valence-electron chi connectivity index (χ3n) is 10.3. The zero-order chi connectivity index (χ0) is 35.8. The second-order valence-electron chi connectivity index (χ2n) is 12.9. The Morgan fingerprint density at radius 2 is 1.11 bits per heavy atom. The number of benzene rings is 7. The predicted molar refractivity (Wildman–Crippen MR) is 208 cm³/mol. The molecule has 0 aliphatic rings. The Hall–Kier alpha value is -8.10. The van der Waals surface area contributed by atoms with E-state index in [-0.39, 0.29) is 16.7 Å². The fourth-order valence-electron chi connectivity index (χ4n) is 8.11. The van der Waals surface area contributed by atoms with Crippen LogP contribution in [0.2, 0.25) is 0 Å². The molecule has 0 aliphatic carbocycles. The molecule has 7 heteroatoms. The Morgan fingerprint density at radius 3 is 1.77 bits per heavy atom. The summed E-state index contributed by atoms with van der Waals surface area (Å²) >= 11 is 0. The number of aromatic nitrogens is 2. The molecule has 0 bridgehead atoms. The molecule has 0 saturated carbocycles. The molecule has 0 radical (unpaired) electrons. The molecule has 0 N–H and O–H groups in total. The zero-order valence-electron chi connectivity index (χ0n) is 27.8. The van der Waals surface area contributed by atoms with E-state index >= 15 is 0 Å². The number of fused-ring (bicyclic) bond motifs is 10. The van der Waals surface area contributed by atoms with Crippen LogP contribution in [0.15, 0.2) is 138 Å². The standard InChI is InChI=1S/C46H22N6O/c1-50-36-19-18-29(35(26-49)46(36)52-37-14-6-2-10-30(37)31-11-3-7-15-38(31)52)34-22-27(24-47)28(25-48)23-41(34)51-39-16-8-4-12-32(39)44-40(51)20-21-43-45(44)33-13-5-9-17-42(33)53-43/h2-23H. The maximum absolute atomic E-state index is 11.1. The maximum Gasteiger partial charge on any atom is 0.211 e. The number of nitriles is 3. The normalized spacial score (nSPS) is 11.3. The number of rotatable bonds is 3. The molecule has 0 fully saturated rings. The first-order valence-electron chi connectivity index (χ1n) is 16.9. The molecular weight excluding hydrogens is 653 g/mol. The van der Waals surface area contributed by atoms with Gasteiger partial charge in [0.05, 0.1) is 56.7 Å². The van der Waals surface area contributed by atoms with Crippen molar-refractivity contribution in [1.82, 2.24) is 9.13 Å². The van der Waals surface area contributed by atoms with Gasteiger partial charge in [-0.1, -0.05) is 84.9 Å². The number of hydrogen-bond acceptors (Lipinski definition) is 4. The Balaban J connectivity index is 1.36. The van der Waals surface area contributed by atoms with Crippen LogP contribution in [0, 0.1) is 40.6 Å². The average molecular weight is 675 g/mol. The van der Waals surface area contributed by atoms with Crippen molar-refractivity contribution in [2.75, 3.05) is 0 Å². The molecule has 0 saturated heterocycles. The summed E-state index contributed by atoms with van der Waals surface area (Å²) in [6.07, 6.45) is 0. The summed E-state index contributed by atoms with van der Waals surface area (Å²) in [6.45, 7) is 8.22. The Bertz CT molecular complexity index is 3350. The largest absolute Gasteiger partial charge is 0.456 e. The van der Waals surface area contributed by atoms with Crippen LogP contribution in [0.3, 0.4) is 0 Å². The third-order valence-corrected chi connectivity index (χ3v) is 10.3. The molecule has 7 aromatic carbocycles. The number of para-hydroxylation sites is 4. The SMILES string of the molecule is [C-]#[N+]c1ccc(-c2cc(C#N)c(C#N)cc2-n2c3ccccc3c3c4c(ccc32)oc2ccccc24)c(C#N)c1-n1c2ccccc2c2ccccc21. The van der Waals surface area contributed by atoms with Gasteiger partial charge in [-0.3, -0.25) is 0 Å². The summed E-state index contributed by atoms with van der Waals surface area (Å²) < 4.78 is 10.4. The highest BCUT2D eigenvalue weighted by atomic mass is 16.3. The lowest BCUT2D eigenvalue weighted by Gasteiger charge is -2.19. The quantitative estimate of drug-likeness (QED) is 0.174. The topological polar surface area (TPSA) is 98.7 Å². The van der Waals surface area contributed by atoms with Crippen molar-refractivity contribution in [3.8, 4) is 40.7 Å². The molecule has 3 heterocycles. The van der Waals surface area contributed by atoms with Crippen molar-refractivity contribution in [3.63, 3.8) is 0 Å². The second kappa shape index (κ2) is 11.2. The van der Waals surface area contributed by atoms with E-state index in [2.05, 4.69) is 39.8 Å². The van der Waals surface area contributed by atoms with Crippen LogP contribution >= 0.6 is 0 Å². The van der Waals surface area contributed by atoms with Gasteiger partial charge in [0.2, 0.25) is 5.69 Å². The molecule has 3 aromatic heterocycles.